The summed E-state index contributed by atoms with van der Waals surface area (Å²) >= 11 is 5.86. The number of nitrogens with zero attached hydrogens (tertiary/aromatic N) is 1. The standard InChI is InChI=1S/C13H19ClN2O2/c1-3-6-16(9-13(18)15-2)8-10-4-5-12(17)11(14)7-10/h4-5,7,17H,3,6,8-9H2,1-2H3,(H,15,18). The smallest absolute Gasteiger partial charge is 0.233 e. The van der Waals surface area contributed by atoms with Gasteiger partial charge in [-0.2, -0.15) is 0 Å². The Labute approximate surface area is 113 Å². The number of rotatable bonds is 6. The average Bonchev–Trinajstić information content (AvgIpc) is 2.34. The molecule has 0 fully saturated rings. The first-order valence-corrected chi connectivity index (χ1v) is 6.35. The Morgan fingerprint density at radius 1 is 1.50 bits per heavy atom. The minimum absolute atomic E-state index is 0.00618. The van der Waals surface area contributed by atoms with Crippen molar-refractivity contribution in [2.45, 2.75) is 19.9 Å². The maximum atomic E-state index is 11.4. The minimum atomic E-state index is -0.00618. The molecule has 0 aliphatic rings. The van der Waals surface area contributed by atoms with Crippen LogP contribution in [0.15, 0.2) is 18.2 Å². The molecule has 0 aromatic heterocycles. The van der Waals surface area contributed by atoms with Gasteiger partial charge in [-0.1, -0.05) is 24.6 Å². The molecular weight excluding hydrogens is 252 g/mol. The molecule has 0 saturated carbocycles. The summed E-state index contributed by atoms with van der Waals surface area (Å²) in [4.78, 5) is 13.4. The molecule has 1 aromatic rings. The predicted molar refractivity (Wildman–Crippen MR) is 72.8 cm³/mol. The van der Waals surface area contributed by atoms with Gasteiger partial charge in [0.15, 0.2) is 0 Å². The van der Waals surface area contributed by atoms with Gasteiger partial charge in [-0.25, -0.2) is 0 Å². The molecule has 1 amide bonds. The second-order valence-corrected chi connectivity index (χ2v) is 4.58. The molecule has 0 radical (unpaired) electrons. The molecule has 1 rings (SSSR count). The number of hydrogen-bond donors (Lipinski definition) is 2. The highest BCUT2D eigenvalue weighted by Crippen LogP contribution is 2.24. The molecule has 0 spiro atoms. The lowest BCUT2D eigenvalue weighted by Gasteiger charge is -2.20. The largest absolute Gasteiger partial charge is 0.506 e. The third kappa shape index (κ3) is 4.55. The van der Waals surface area contributed by atoms with Crippen molar-refractivity contribution in [3.63, 3.8) is 0 Å². The number of hydrogen-bond acceptors (Lipinski definition) is 3. The topological polar surface area (TPSA) is 52.6 Å². The van der Waals surface area contributed by atoms with E-state index in [2.05, 4.69) is 12.2 Å². The van der Waals surface area contributed by atoms with Crippen molar-refractivity contribution in [3.8, 4) is 5.75 Å². The number of phenolic OH excluding ortho intramolecular Hbond substituents is 1. The summed E-state index contributed by atoms with van der Waals surface area (Å²) in [6, 6.07) is 5.11. The van der Waals surface area contributed by atoms with Gasteiger partial charge in [0.25, 0.3) is 0 Å². The highest BCUT2D eigenvalue weighted by molar-refractivity contribution is 6.32. The van der Waals surface area contributed by atoms with Gasteiger partial charge in [0, 0.05) is 13.6 Å². The van der Waals surface area contributed by atoms with Crippen LogP contribution in [0.2, 0.25) is 5.02 Å². The Kier molecular flexibility index (Phi) is 5.95. The zero-order valence-corrected chi connectivity index (χ0v) is 11.5. The van der Waals surface area contributed by atoms with Gasteiger partial charge in [-0.15, -0.1) is 0 Å². The number of phenols is 1. The average molecular weight is 271 g/mol. The maximum absolute atomic E-state index is 11.4. The van der Waals surface area contributed by atoms with Gasteiger partial charge < -0.3 is 10.4 Å². The number of carbonyl (C=O) groups excluding carboxylic acids is 1. The van der Waals surface area contributed by atoms with Crippen molar-refractivity contribution in [3.05, 3.63) is 28.8 Å². The van der Waals surface area contributed by atoms with E-state index >= 15 is 0 Å². The van der Waals surface area contributed by atoms with Crippen LogP contribution in [0.3, 0.4) is 0 Å². The van der Waals surface area contributed by atoms with Gasteiger partial charge in [-0.05, 0) is 30.7 Å². The fourth-order valence-corrected chi connectivity index (χ4v) is 1.92. The molecule has 1 aromatic carbocycles. The van der Waals surface area contributed by atoms with E-state index in [0.717, 1.165) is 18.5 Å². The summed E-state index contributed by atoms with van der Waals surface area (Å²) in [6.07, 6.45) is 0.975. The molecular formula is C13H19ClN2O2. The second kappa shape index (κ2) is 7.24. The summed E-state index contributed by atoms with van der Waals surface area (Å²) in [5.41, 5.74) is 0.982. The first kappa shape index (κ1) is 14.8. The number of halogens is 1. The molecule has 0 bridgehead atoms. The van der Waals surface area contributed by atoms with Crippen molar-refractivity contribution in [2.75, 3.05) is 20.1 Å². The molecule has 5 heteroatoms. The molecule has 100 valence electrons. The van der Waals surface area contributed by atoms with E-state index in [-0.39, 0.29) is 11.7 Å². The van der Waals surface area contributed by atoms with Crippen molar-refractivity contribution in [1.82, 2.24) is 10.2 Å². The van der Waals surface area contributed by atoms with Crippen LogP contribution in [0.5, 0.6) is 5.75 Å². The predicted octanol–water partition coefficient (Wildman–Crippen LogP) is 2.00. The molecule has 0 saturated heterocycles. The summed E-state index contributed by atoms with van der Waals surface area (Å²) < 4.78 is 0. The normalized spacial score (nSPS) is 10.7. The molecule has 2 N–H and O–H groups in total. The zero-order chi connectivity index (χ0) is 13.5. The molecule has 0 heterocycles. The van der Waals surface area contributed by atoms with E-state index < -0.39 is 0 Å². The number of likely N-dealkylation sites (N-methyl/N-ethyl adjacent to an activating group) is 1. The highest BCUT2D eigenvalue weighted by Gasteiger charge is 2.10. The van der Waals surface area contributed by atoms with E-state index in [9.17, 15) is 9.90 Å². The first-order valence-electron chi connectivity index (χ1n) is 5.97. The van der Waals surface area contributed by atoms with Crippen LogP contribution >= 0.6 is 11.6 Å². The number of amides is 1. The first-order chi connectivity index (χ1) is 8.56. The van der Waals surface area contributed by atoms with Gasteiger partial charge in [0.2, 0.25) is 5.91 Å². The summed E-state index contributed by atoms with van der Waals surface area (Å²) in [7, 11) is 1.63. The van der Waals surface area contributed by atoms with E-state index in [1.165, 1.54) is 0 Å². The fraction of sp³-hybridized carbons (Fsp3) is 0.462. The van der Waals surface area contributed by atoms with E-state index in [4.69, 9.17) is 11.6 Å². The molecule has 0 aliphatic heterocycles. The van der Waals surface area contributed by atoms with Crippen molar-refractivity contribution < 1.29 is 9.90 Å². The quantitative estimate of drug-likeness (QED) is 0.831. The number of aromatic hydroxyl groups is 1. The monoisotopic (exact) mass is 270 g/mol. The van der Waals surface area contributed by atoms with Crippen LogP contribution < -0.4 is 5.32 Å². The Hall–Kier alpha value is -1.26. The molecule has 0 aliphatic carbocycles. The zero-order valence-electron chi connectivity index (χ0n) is 10.7. The van der Waals surface area contributed by atoms with Crippen LogP contribution in [-0.2, 0) is 11.3 Å². The maximum Gasteiger partial charge on any atom is 0.233 e. The molecule has 0 atom stereocenters. The van der Waals surface area contributed by atoms with Crippen LogP contribution in [0.1, 0.15) is 18.9 Å². The lowest BCUT2D eigenvalue weighted by Crippen LogP contribution is -2.35. The van der Waals surface area contributed by atoms with Crippen LogP contribution in [0.25, 0.3) is 0 Å². The molecule has 18 heavy (non-hydrogen) atoms. The Bertz CT molecular complexity index is 410. The van der Waals surface area contributed by atoms with Crippen molar-refractivity contribution in [1.29, 1.82) is 0 Å². The van der Waals surface area contributed by atoms with Gasteiger partial charge >= 0.3 is 0 Å². The summed E-state index contributed by atoms with van der Waals surface area (Å²) in [5, 5.41) is 12.3. The molecule has 0 unspecified atom stereocenters. The van der Waals surface area contributed by atoms with E-state index in [1.807, 2.05) is 11.0 Å². The van der Waals surface area contributed by atoms with Crippen LogP contribution in [0.4, 0.5) is 0 Å². The SMILES string of the molecule is CCCN(CC(=O)NC)Cc1ccc(O)c(Cl)c1. The number of nitrogens with one attached hydrogen (secondary N) is 1. The van der Waals surface area contributed by atoms with E-state index in [1.54, 1.807) is 19.2 Å². The highest BCUT2D eigenvalue weighted by atomic mass is 35.5. The van der Waals surface area contributed by atoms with Crippen molar-refractivity contribution >= 4 is 17.5 Å². The molecule has 4 nitrogen and oxygen atoms in total. The third-order valence-electron chi connectivity index (χ3n) is 2.60. The van der Waals surface area contributed by atoms with Gasteiger partial charge in [0.05, 0.1) is 11.6 Å². The Balaban J connectivity index is 2.69. The lowest BCUT2D eigenvalue weighted by molar-refractivity contribution is -0.121. The number of benzene rings is 1. The Morgan fingerprint density at radius 2 is 2.22 bits per heavy atom. The number of carbonyl (C=O) groups is 1. The fourth-order valence-electron chi connectivity index (χ4n) is 1.72. The minimum Gasteiger partial charge on any atom is -0.506 e. The van der Waals surface area contributed by atoms with Gasteiger partial charge in [-0.3, -0.25) is 9.69 Å². The third-order valence-corrected chi connectivity index (χ3v) is 2.91. The van der Waals surface area contributed by atoms with Gasteiger partial charge in [0.1, 0.15) is 5.75 Å². The summed E-state index contributed by atoms with van der Waals surface area (Å²) in [5.74, 6) is 0.0714. The van der Waals surface area contributed by atoms with E-state index in [0.29, 0.717) is 18.1 Å². The Morgan fingerprint density at radius 3 is 2.78 bits per heavy atom. The second-order valence-electron chi connectivity index (χ2n) is 4.17. The lowest BCUT2D eigenvalue weighted by atomic mass is 10.2. The van der Waals surface area contributed by atoms with Crippen LogP contribution in [-0.4, -0.2) is 36.1 Å². The van der Waals surface area contributed by atoms with Crippen LogP contribution in [0, 0.1) is 0 Å². The van der Waals surface area contributed by atoms with Crippen molar-refractivity contribution in [2.24, 2.45) is 0 Å². The summed E-state index contributed by atoms with van der Waals surface area (Å²) in [6.45, 7) is 3.91.